The van der Waals surface area contributed by atoms with Gasteiger partial charge in [0.15, 0.2) is 0 Å². The Morgan fingerprint density at radius 2 is 1.85 bits per heavy atom. The second-order valence-electron chi connectivity index (χ2n) is 6.78. The first-order valence-electron chi connectivity index (χ1n) is 9.05. The summed E-state index contributed by atoms with van der Waals surface area (Å²) in [6.45, 7) is 5.75. The Bertz CT molecular complexity index is 736. The number of rotatable bonds is 5. The number of hydrogen-bond acceptors (Lipinski definition) is 4. The third-order valence-corrected chi connectivity index (χ3v) is 5.67. The Labute approximate surface area is 151 Å². The predicted molar refractivity (Wildman–Crippen MR) is 90.1 cm³/mol. The third kappa shape index (κ3) is 2.53. The van der Waals surface area contributed by atoms with E-state index in [9.17, 15) is 18.8 Å². The number of nitrogens with zero attached hydrogens (tertiary/aromatic N) is 1. The average molecular weight is 363 g/mol. The van der Waals surface area contributed by atoms with Crippen molar-refractivity contribution in [2.45, 2.75) is 38.8 Å². The van der Waals surface area contributed by atoms with Gasteiger partial charge in [-0.05, 0) is 26.0 Å². The molecule has 2 saturated heterocycles. The number of likely N-dealkylation sites (tertiary alicyclic amines) is 1. The molecule has 0 saturated carbocycles. The van der Waals surface area contributed by atoms with E-state index in [-0.39, 0.29) is 30.8 Å². The molecule has 1 aromatic carbocycles. The zero-order valence-corrected chi connectivity index (χ0v) is 15.2. The number of benzene rings is 1. The molecule has 0 radical (unpaired) electrons. The quantitative estimate of drug-likeness (QED) is 0.619. The van der Waals surface area contributed by atoms with E-state index >= 15 is 0 Å². The molecule has 0 bridgehead atoms. The van der Waals surface area contributed by atoms with E-state index < -0.39 is 29.4 Å². The number of nitrogens with two attached hydrogens (primary N) is 1. The molecule has 2 heterocycles. The van der Waals surface area contributed by atoms with Gasteiger partial charge in [-0.1, -0.05) is 19.1 Å². The van der Waals surface area contributed by atoms with Crippen LogP contribution in [0.2, 0.25) is 0 Å². The van der Waals surface area contributed by atoms with Gasteiger partial charge in [0.1, 0.15) is 23.7 Å². The van der Waals surface area contributed by atoms with Gasteiger partial charge in [0, 0.05) is 18.5 Å². The maximum Gasteiger partial charge on any atom is 0.368 e. The number of esters is 1. The molecular formula is C19H24FN2O4+. The van der Waals surface area contributed by atoms with Crippen LogP contribution in [0.15, 0.2) is 24.3 Å². The average Bonchev–Trinajstić information content (AvgIpc) is 3.11. The molecule has 2 aliphatic heterocycles. The first-order chi connectivity index (χ1) is 12.4. The van der Waals surface area contributed by atoms with Crippen LogP contribution in [0, 0.1) is 17.7 Å². The van der Waals surface area contributed by atoms with Crippen molar-refractivity contribution in [1.29, 1.82) is 0 Å². The zero-order valence-electron chi connectivity index (χ0n) is 15.2. The molecule has 6 nitrogen and oxygen atoms in total. The van der Waals surface area contributed by atoms with Gasteiger partial charge in [-0.15, -0.1) is 0 Å². The third-order valence-electron chi connectivity index (χ3n) is 5.67. The standard InChI is InChI=1S/C19H23FN2O4/c1-4-19(18(25)26-6-3)14-13(16(23)22(5-2)17(14)24)15(21-19)11-7-9-12(20)10-8-11/h7-10,13-15,21H,4-6H2,1-3H3/p+1/t13-,14-,15-,19-/m0/s1. The lowest BCUT2D eigenvalue weighted by Crippen LogP contribution is -2.98. The van der Waals surface area contributed by atoms with Gasteiger partial charge in [-0.3, -0.25) is 14.5 Å². The Morgan fingerprint density at radius 3 is 2.38 bits per heavy atom. The highest BCUT2D eigenvalue weighted by Gasteiger charge is 2.71. The lowest BCUT2D eigenvalue weighted by Gasteiger charge is -2.28. The molecule has 2 N–H and O–H groups in total. The molecule has 2 aliphatic rings. The number of imide groups is 1. The van der Waals surface area contributed by atoms with E-state index in [1.807, 2.05) is 6.92 Å². The topological polar surface area (TPSA) is 80.3 Å². The number of quaternary nitrogens is 1. The zero-order chi connectivity index (χ0) is 19.1. The second kappa shape index (κ2) is 6.79. The summed E-state index contributed by atoms with van der Waals surface area (Å²) in [7, 11) is 0. The van der Waals surface area contributed by atoms with E-state index in [0.717, 1.165) is 5.56 Å². The largest absolute Gasteiger partial charge is 0.461 e. The molecule has 2 fully saturated rings. The van der Waals surface area contributed by atoms with Crippen LogP contribution < -0.4 is 5.32 Å². The van der Waals surface area contributed by atoms with Gasteiger partial charge in [-0.2, -0.15) is 0 Å². The molecule has 4 atom stereocenters. The molecule has 0 aromatic heterocycles. The number of carbonyl (C=O) groups is 3. The number of carbonyl (C=O) groups excluding carboxylic acids is 3. The van der Waals surface area contributed by atoms with E-state index in [0.29, 0.717) is 6.42 Å². The van der Waals surface area contributed by atoms with Crippen molar-refractivity contribution in [3.63, 3.8) is 0 Å². The molecule has 0 spiro atoms. The summed E-state index contributed by atoms with van der Waals surface area (Å²) in [6, 6.07) is 5.44. The fraction of sp³-hybridized carbons (Fsp3) is 0.526. The fourth-order valence-corrected chi connectivity index (χ4v) is 4.42. The number of hydrogen-bond donors (Lipinski definition) is 1. The van der Waals surface area contributed by atoms with E-state index in [2.05, 4.69) is 0 Å². The summed E-state index contributed by atoms with van der Waals surface area (Å²) in [4.78, 5) is 39.9. The number of ether oxygens (including phenoxy) is 1. The van der Waals surface area contributed by atoms with Crippen LogP contribution in [0.25, 0.3) is 0 Å². The van der Waals surface area contributed by atoms with Gasteiger partial charge in [0.2, 0.25) is 17.4 Å². The molecule has 2 amide bonds. The van der Waals surface area contributed by atoms with Crippen molar-refractivity contribution < 1.29 is 28.8 Å². The Hall–Kier alpha value is -2.28. The van der Waals surface area contributed by atoms with Crippen LogP contribution >= 0.6 is 0 Å². The van der Waals surface area contributed by atoms with Gasteiger partial charge in [0.05, 0.1) is 6.61 Å². The minimum atomic E-state index is -1.14. The SMILES string of the molecule is CCOC(=O)[C@@]1(CC)[NH2+][C@@H](c2ccc(F)cc2)[C@H]2C(=O)N(CC)C(=O)[C@H]21. The van der Waals surface area contributed by atoms with Crippen LogP contribution in [-0.2, 0) is 19.1 Å². The normalized spacial score (nSPS) is 30.6. The lowest BCUT2D eigenvalue weighted by molar-refractivity contribution is -0.734. The summed E-state index contributed by atoms with van der Waals surface area (Å²) in [6.07, 6.45) is 0.362. The Balaban J connectivity index is 2.11. The first-order valence-corrected chi connectivity index (χ1v) is 9.05. The van der Waals surface area contributed by atoms with Crippen LogP contribution in [0.5, 0.6) is 0 Å². The Kier molecular flexibility index (Phi) is 4.84. The highest BCUT2D eigenvalue weighted by Crippen LogP contribution is 2.45. The second-order valence-corrected chi connectivity index (χ2v) is 6.78. The molecule has 3 rings (SSSR count). The first kappa shape index (κ1) is 18.5. The highest BCUT2D eigenvalue weighted by atomic mass is 19.1. The molecule has 140 valence electrons. The number of amides is 2. The summed E-state index contributed by atoms with van der Waals surface area (Å²) in [5.74, 6) is -2.86. The van der Waals surface area contributed by atoms with Gasteiger partial charge in [-0.25, -0.2) is 9.18 Å². The van der Waals surface area contributed by atoms with Crippen molar-refractivity contribution in [2.24, 2.45) is 11.8 Å². The van der Waals surface area contributed by atoms with E-state index in [4.69, 9.17) is 4.74 Å². The van der Waals surface area contributed by atoms with Crippen molar-refractivity contribution in [3.8, 4) is 0 Å². The van der Waals surface area contributed by atoms with Crippen LogP contribution in [0.4, 0.5) is 4.39 Å². The maximum atomic E-state index is 13.3. The van der Waals surface area contributed by atoms with Crippen molar-refractivity contribution in [3.05, 3.63) is 35.6 Å². The van der Waals surface area contributed by atoms with Gasteiger partial charge in [0.25, 0.3) is 0 Å². The summed E-state index contributed by atoms with van der Waals surface area (Å²) in [5, 5.41) is 1.79. The minimum absolute atomic E-state index is 0.201. The van der Waals surface area contributed by atoms with Gasteiger partial charge < -0.3 is 10.1 Å². The minimum Gasteiger partial charge on any atom is -0.461 e. The van der Waals surface area contributed by atoms with Gasteiger partial charge >= 0.3 is 5.97 Å². The highest BCUT2D eigenvalue weighted by molar-refractivity contribution is 6.08. The summed E-state index contributed by atoms with van der Waals surface area (Å²) in [5.41, 5.74) is -0.420. The smallest absolute Gasteiger partial charge is 0.368 e. The molecule has 26 heavy (non-hydrogen) atoms. The maximum absolute atomic E-state index is 13.3. The predicted octanol–water partition coefficient (Wildman–Crippen LogP) is 0.777. The molecule has 0 unspecified atom stereocenters. The number of halogens is 1. The lowest BCUT2D eigenvalue weighted by atomic mass is 9.78. The molecule has 1 aromatic rings. The molecule has 7 heteroatoms. The van der Waals surface area contributed by atoms with Crippen LogP contribution in [0.1, 0.15) is 38.8 Å². The molecular weight excluding hydrogens is 339 g/mol. The number of fused-ring (bicyclic) bond motifs is 1. The summed E-state index contributed by atoms with van der Waals surface area (Å²) < 4.78 is 18.6. The van der Waals surface area contributed by atoms with Crippen molar-refractivity contribution in [1.82, 2.24) is 4.90 Å². The van der Waals surface area contributed by atoms with E-state index in [1.165, 1.54) is 17.0 Å². The fourth-order valence-electron chi connectivity index (χ4n) is 4.42. The monoisotopic (exact) mass is 363 g/mol. The Morgan fingerprint density at radius 1 is 1.19 bits per heavy atom. The van der Waals surface area contributed by atoms with Crippen molar-refractivity contribution in [2.75, 3.05) is 13.2 Å². The van der Waals surface area contributed by atoms with Crippen LogP contribution in [-0.4, -0.2) is 41.4 Å². The van der Waals surface area contributed by atoms with E-state index in [1.54, 1.807) is 31.3 Å². The summed E-state index contributed by atoms with van der Waals surface area (Å²) >= 11 is 0. The van der Waals surface area contributed by atoms with Crippen molar-refractivity contribution >= 4 is 17.8 Å². The molecule has 0 aliphatic carbocycles. The van der Waals surface area contributed by atoms with Crippen LogP contribution in [0.3, 0.4) is 0 Å².